The zero-order chi connectivity index (χ0) is 24.5. The van der Waals surface area contributed by atoms with E-state index in [1.165, 1.54) is 23.0 Å². The molecule has 0 radical (unpaired) electrons. The van der Waals surface area contributed by atoms with E-state index < -0.39 is 30.4 Å². The Bertz CT molecular complexity index is 1140. The number of hydrogen-bond donors (Lipinski definition) is 1. The van der Waals surface area contributed by atoms with E-state index >= 15 is 0 Å². The molecule has 1 aromatic heterocycles. The van der Waals surface area contributed by atoms with E-state index in [0.29, 0.717) is 23.4 Å². The standard InChI is InChI=1S/C24H26F3N5O2/c1-3-34-14-18-11-17(12-32(18)13-20(25)26)24(22(33)31(2)23(28)30-24)16-7-4-6-15(10-16)19-8-5-9-29-21(19)27/h4-11,17,20H,3,12-14H2,1-2H3,(H2,28,30)/t17?,24-/m0/s1. The molecule has 0 fully saturated rings. The van der Waals surface area contributed by atoms with E-state index in [9.17, 15) is 18.0 Å². The minimum absolute atomic E-state index is 0.0232. The molecular weight excluding hydrogens is 447 g/mol. The number of halogens is 3. The molecule has 0 bridgehead atoms. The molecule has 1 aromatic carbocycles. The number of ether oxygens (including phenoxy) is 1. The van der Waals surface area contributed by atoms with Crippen molar-refractivity contribution < 1.29 is 22.7 Å². The van der Waals surface area contributed by atoms with Gasteiger partial charge in [0.2, 0.25) is 5.95 Å². The molecule has 0 spiro atoms. The zero-order valence-electron chi connectivity index (χ0n) is 18.9. The molecule has 0 saturated heterocycles. The molecule has 2 atom stereocenters. The van der Waals surface area contributed by atoms with Crippen LogP contribution in [0.4, 0.5) is 13.2 Å². The summed E-state index contributed by atoms with van der Waals surface area (Å²) in [6, 6.07) is 10.0. The first kappa shape index (κ1) is 23.7. The molecule has 1 amide bonds. The highest BCUT2D eigenvalue weighted by Gasteiger charge is 2.54. The molecule has 1 unspecified atom stereocenters. The van der Waals surface area contributed by atoms with Crippen molar-refractivity contribution in [2.75, 3.05) is 33.4 Å². The van der Waals surface area contributed by atoms with E-state index in [4.69, 9.17) is 10.5 Å². The van der Waals surface area contributed by atoms with Crippen LogP contribution in [-0.4, -0.2) is 66.4 Å². The fraction of sp³-hybridized carbons (Fsp3) is 0.375. The molecular formula is C24H26F3N5O2. The zero-order valence-corrected chi connectivity index (χ0v) is 18.9. The van der Waals surface area contributed by atoms with Crippen molar-refractivity contribution in [2.45, 2.75) is 18.9 Å². The maximum atomic E-state index is 14.4. The number of amides is 1. The number of aliphatic imine (C=N–C) groups is 1. The highest BCUT2D eigenvalue weighted by Crippen LogP contribution is 2.44. The Morgan fingerprint density at radius 1 is 1.29 bits per heavy atom. The predicted octanol–water partition coefficient (Wildman–Crippen LogP) is 2.99. The second-order valence-corrected chi connectivity index (χ2v) is 8.22. The minimum atomic E-state index is -2.56. The number of carbonyl (C=O) groups excluding carboxylic acids is 1. The minimum Gasteiger partial charge on any atom is -0.376 e. The number of guanidine groups is 1. The van der Waals surface area contributed by atoms with Crippen LogP contribution >= 0.6 is 0 Å². The van der Waals surface area contributed by atoms with Crippen molar-refractivity contribution >= 4 is 11.9 Å². The van der Waals surface area contributed by atoms with E-state index in [1.807, 2.05) is 6.92 Å². The van der Waals surface area contributed by atoms with E-state index in [-0.39, 0.29) is 30.6 Å². The number of nitrogens with zero attached hydrogens (tertiary/aromatic N) is 4. The number of hydrogen-bond acceptors (Lipinski definition) is 6. The van der Waals surface area contributed by atoms with Crippen molar-refractivity contribution in [2.24, 2.45) is 16.6 Å². The molecule has 180 valence electrons. The second kappa shape index (κ2) is 9.46. The summed E-state index contributed by atoms with van der Waals surface area (Å²) in [6.07, 6.45) is 0.557. The lowest BCUT2D eigenvalue weighted by Gasteiger charge is -2.32. The first-order chi connectivity index (χ1) is 16.3. The first-order valence-electron chi connectivity index (χ1n) is 10.9. The quantitative estimate of drug-likeness (QED) is 0.596. The summed E-state index contributed by atoms with van der Waals surface area (Å²) in [5.74, 6) is -1.60. The van der Waals surface area contributed by atoms with Crippen molar-refractivity contribution in [3.05, 3.63) is 65.9 Å². The Hall–Kier alpha value is -3.40. The fourth-order valence-corrected chi connectivity index (χ4v) is 4.53. The van der Waals surface area contributed by atoms with Gasteiger partial charge in [0.1, 0.15) is 0 Å². The van der Waals surface area contributed by atoms with Gasteiger partial charge in [0.05, 0.1) is 13.2 Å². The molecule has 2 aromatic rings. The SMILES string of the molecule is CCOCC1=CC([C@]2(c3cccc(-c4cccnc4F)c3)N=C(N)N(C)C2=O)CN1CC(F)F. The molecule has 4 rings (SSSR count). The molecule has 34 heavy (non-hydrogen) atoms. The van der Waals surface area contributed by atoms with Gasteiger partial charge in [-0.2, -0.15) is 4.39 Å². The van der Waals surface area contributed by atoms with Crippen LogP contribution in [-0.2, 0) is 15.1 Å². The third kappa shape index (κ3) is 4.13. The van der Waals surface area contributed by atoms with Gasteiger partial charge in [-0.3, -0.25) is 9.69 Å². The Kier molecular flexibility index (Phi) is 6.60. The van der Waals surface area contributed by atoms with E-state index in [0.717, 1.165) is 0 Å². The lowest BCUT2D eigenvalue weighted by molar-refractivity contribution is -0.132. The van der Waals surface area contributed by atoms with Gasteiger partial charge < -0.3 is 15.4 Å². The van der Waals surface area contributed by atoms with Gasteiger partial charge >= 0.3 is 0 Å². The van der Waals surface area contributed by atoms with Gasteiger partial charge in [-0.05, 0) is 36.2 Å². The largest absolute Gasteiger partial charge is 0.376 e. The van der Waals surface area contributed by atoms with Crippen LogP contribution < -0.4 is 5.73 Å². The molecule has 7 nitrogen and oxygen atoms in total. The Morgan fingerprint density at radius 3 is 2.74 bits per heavy atom. The van der Waals surface area contributed by atoms with Crippen LogP contribution in [0.5, 0.6) is 0 Å². The molecule has 2 N–H and O–H groups in total. The number of nitrogens with two attached hydrogens (primary N) is 1. The van der Waals surface area contributed by atoms with E-state index in [2.05, 4.69) is 9.98 Å². The number of carbonyl (C=O) groups is 1. The summed E-state index contributed by atoms with van der Waals surface area (Å²) in [4.78, 5) is 24.7. The van der Waals surface area contributed by atoms with Crippen LogP contribution in [0.15, 0.2) is 59.4 Å². The summed E-state index contributed by atoms with van der Waals surface area (Å²) in [6.45, 7) is 2.01. The van der Waals surface area contributed by atoms with Crippen LogP contribution in [0.1, 0.15) is 12.5 Å². The number of aromatic nitrogens is 1. The normalized spacial score (nSPS) is 22.5. The summed E-state index contributed by atoms with van der Waals surface area (Å²) >= 11 is 0. The number of likely N-dealkylation sites (N-methyl/N-ethyl adjacent to an activating group) is 1. The third-order valence-corrected chi connectivity index (χ3v) is 6.20. The van der Waals surface area contributed by atoms with Crippen LogP contribution in [0.25, 0.3) is 11.1 Å². The van der Waals surface area contributed by atoms with Gasteiger partial charge in [0.15, 0.2) is 11.5 Å². The molecule has 0 saturated carbocycles. The summed E-state index contributed by atoms with van der Waals surface area (Å²) < 4.78 is 46.5. The average molecular weight is 473 g/mol. The third-order valence-electron chi connectivity index (χ3n) is 6.20. The van der Waals surface area contributed by atoms with Crippen LogP contribution in [0.2, 0.25) is 0 Å². The smallest absolute Gasteiger partial charge is 0.262 e. The fourth-order valence-electron chi connectivity index (χ4n) is 4.53. The summed E-state index contributed by atoms with van der Waals surface area (Å²) in [7, 11) is 1.52. The van der Waals surface area contributed by atoms with Crippen LogP contribution in [0, 0.1) is 11.9 Å². The maximum absolute atomic E-state index is 14.4. The van der Waals surface area contributed by atoms with Crippen LogP contribution in [0.3, 0.4) is 0 Å². The number of benzene rings is 1. The van der Waals surface area contributed by atoms with Crippen molar-refractivity contribution in [1.29, 1.82) is 0 Å². The first-order valence-corrected chi connectivity index (χ1v) is 10.9. The Balaban J connectivity index is 1.82. The maximum Gasteiger partial charge on any atom is 0.262 e. The lowest BCUT2D eigenvalue weighted by atomic mass is 9.77. The lowest BCUT2D eigenvalue weighted by Crippen LogP contribution is -2.46. The number of pyridine rings is 1. The van der Waals surface area contributed by atoms with Crippen molar-refractivity contribution in [3.8, 4) is 11.1 Å². The average Bonchev–Trinajstić information content (AvgIpc) is 3.32. The Morgan fingerprint density at radius 2 is 2.09 bits per heavy atom. The monoisotopic (exact) mass is 473 g/mol. The van der Waals surface area contributed by atoms with Gasteiger partial charge in [0.25, 0.3) is 12.3 Å². The van der Waals surface area contributed by atoms with E-state index in [1.54, 1.807) is 42.5 Å². The highest BCUT2D eigenvalue weighted by atomic mass is 19.3. The van der Waals surface area contributed by atoms with Crippen molar-refractivity contribution in [1.82, 2.24) is 14.8 Å². The number of alkyl halides is 2. The molecule has 3 heterocycles. The van der Waals surface area contributed by atoms with Gasteiger partial charge in [-0.25, -0.2) is 18.8 Å². The predicted molar refractivity (Wildman–Crippen MR) is 121 cm³/mol. The van der Waals surface area contributed by atoms with Gasteiger partial charge in [-0.1, -0.05) is 24.3 Å². The number of rotatable bonds is 8. The van der Waals surface area contributed by atoms with Gasteiger partial charge in [0, 0.05) is 43.6 Å². The molecule has 2 aliphatic rings. The summed E-state index contributed by atoms with van der Waals surface area (Å²) in [5.41, 5.74) is 6.41. The second-order valence-electron chi connectivity index (χ2n) is 8.22. The topological polar surface area (TPSA) is 84.0 Å². The Labute approximate surface area is 195 Å². The summed E-state index contributed by atoms with van der Waals surface area (Å²) in [5, 5.41) is 0. The molecule has 0 aliphatic carbocycles. The van der Waals surface area contributed by atoms with Crippen molar-refractivity contribution in [3.63, 3.8) is 0 Å². The molecule has 10 heteroatoms. The highest BCUT2D eigenvalue weighted by molar-refractivity contribution is 6.07. The molecule has 2 aliphatic heterocycles. The van der Waals surface area contributed by atoms with Gasteiger partial charge in [-0.15, -0.1) is 0 Å².